The maximum absolute atomic E-state index is 5.43. The Hall–Kier alpha value is -2.67. The second kappa shape index (κ2) is 9.15. The summed E-state index contributed by atoms with van der Waals surface area (Å²) >= 11 is 5.43. The van der Waals surface area contributed by atoms with Crippen molar-refractivity contribution in [2.45, 2.75) is 13.0 Å². The van der Waals surface area contributed by atoms with Crippen LogP contribution in [0.2, 0.25) is 0 Å². The Morgan fingerprint density at radius 3 is 2.12 bits per heavy atom. The van der Waals surface area contributed by atoms with Crippen LogP contribution in [0.25, 0.3) is 0 Å². The lowest BCUT2D eigenvalue weighted by Gasteiger charge is -2.20. The number of hydrogen-bond acceptors (Lipinski definition) is 5. The van der Waals surface area contributed by atoms with E-state index in [0.29, 0.717) is 16.6 Å². The molecule has 0 aliphatic carbocycles. The highest BCUT2D eigenvalue weighted by atomic mass is 32.1. The summed E-state index contributed by atoms with van der Waals surface area (Å²) in [5.74, 6) is 2.81. The third-order valence-electron chi connectivity index (χ3n) is 3.89. The van der Waals surface area contributed by atoms with Gasteiger partial charge in [0.05, 0.1) is 34.5 Å². The molecule has 26 heavy (non-hydrogen) atoms. The molecule has 2 rings (SSSR count). The lowest BCUT2D eigenvalue weighted by molar-refractivity contribution is 0.355. The van der Waals surface area contributed by atoms with Gasteiger partial charge in [-0.3, -0.25) is 0 Å². The first kappa shape index (κ1) is 19.7. The molecule has 0 aromatic heterocycles. The highest BCUT2D eigenvalue weighted by Gasteiger charge is 2.14. The van der Waals surface area contributed by atoms with Crippen LogP contribution >= 0.6 is 12.2 Å². The van der Waals surface area contributed by atoms with Crippen LogP contribution in [0.1, 0.15) is 18.5 Å². The summed E-state index contributed by atoms with van der Waals surface area (Å²) in [6.45, 7) is 2.00. The van der Waals surface area contributed by atoms with Crippen molar-refractivity contribution in [3.05, 3.63) is 42.0 Å². The lowest BCUT2D eigenvalue weighted by atomic mass is 10.1. The van der Waals surface area contributed by atoms with Crippen LogP contribution in [0.3, 0.4) is 0 Å². The molecule has 0 bridgehead atoms. The summed E-state index contributed by atoms with van der Waals surface area (Å²) in [6, 6.07) is 11.1. The second-order valence-electron chi connectivity index (χ2n) is 5.50. The summed E-state index contributed by atoms with van der Waals surface area (Å²) in [6.07, 6.45) is 0. The average Bonchev–Trinajstić information content (AvgIpc) is 2.66. The third kappa shape index (κ3) is 4.70. The van der Waals surface area contributed by atoms with E-state index in [1.807, 2.05) is 43.3 Å². The zero-order valence-corrected chi connectivity index (χ0v) is 16.4. The fourth-order valence-corrected chi connectivity index (χ4v) is 2.83. The molecule has 2 aromatic carbocycles. The standard InChI is InChI=1S/C19H24N2O4S/c1-12(15-11-14(22-2)7-9-16(15)23-3)20-19(26)21-13-6-8-17(24-4)18(10-13)25-5/h6-12H,1-5H3,(H2,20,21,26). The van der Waals surface area contributed by atoms with Crippen molar-refractivity contribution in [2.75, 3.05) is 33.8 Å². The van der Waals surface area contributed by atoms with E-state index in [1.54, 1.807) is 28.4 Å². The Labute approximate surface area is 159 Å². The minimum Gasteiger partial charge on any atom is -0.497 e. The van der Waals surface area contributed by atoms with Crippen LogP contribution in [0, 0.1) is 0 Å². The first-order valence-corrected chi connectivity index (χ1v) is 8.44. The van der Waals surface area contributed by atoms with Crippen molar-refractivity contribution in [1.82, 2.24) is 5.32 Å². The minimum atomic E-state index is -0.0832. The quantitative estimate of drug-likeness (QED) is 0.713. The van der Waals surface area contributed by atoms with Gasteiger partial charge >= 0.3 is 0 Å². The van der Waals surface area contributed by atoms with Crippen molar-refractivity contribution in [3.63, 3.8) is 0 Å². The van der Waals surface area contributed by atoms with Crippen LogP contribution < -0.4 is 29.6 Å². The van der Waals surface area contributed by atoms with Crippen LogP contribution in [0.5, 0.6) is 23.0 Å². The molecule has 0 aliphatic rings. The molecule has 7 heteroatoms. The van der Waals surface area contributed by atoms with Gasteiger partial charge in [0.1, 0.15) is 11.5 Å². The second-order valence-corrected chi connectivity index (χ2v) is 5.91. The molecular formula is C19H24N2O4S. The topological polar surface area (TPSA) is 61.0 Å². The van der Waals surface area contributed by atoms with E-state index in [4.69, 9.17) is 31.2 Å². The van der Waals surface area contributed by atoms with E-state index in [-0.39, 0.29) is 6.04 Å². The van der Waals surface area contributed by atoms with Crippen LogP contribution in [-0.2, 0) is 0 Å². The van der Waals surface area contributed by atoms with Gasteiger partial charge in [0.2, 0.25) is 0 Å². The Morgan fingerprint density at radius 2 is 1.50 bits per heavy atom. The fourth-order valence-electron chi connectivity index (χ4n) is 2.53. The Bertz CT molecular complexity index is 767. The molecule has 0 amide bonds. The molecule has 0 radical (unpaired) electrons. The van der Waals surface area contributed by atoms with E-state index in [1.165, 1.54) is 0 Å². The largest absolute Gasteiger partial charge is 0.497 e. The molecule has 0 heterocycles. The molecule has 6 nitrogen and oxygen atoms in total. The zero-order chi connectivity index (χ0) is 19.1. The van der Waals surface area contributed by atoms with Crippen molar-refractivity contribution in [2.24, 2.45) is 0 Å². The number of anilines is 1. The number of methoxy groups -OCH3 is 4. The number of nitrogens with one attached hydrogen (secondary N) is 2. The molecule has 0 spiro atoms. The van der Waals surface area contributed by atoms with Gasteiger partial charge in [-0.25, -0.2) is 0 Å². The molecule has 0 fully saturated rings. The normalized spacial score (nSPS) is 11.3. The van der Waals surface area contributed by atoms with Gasteiger partial charge in [-0.15, -0.1) is 0 Å². The third-order valence-corrected chi connectivity index (χ3v) is 4.11. The van der Waals surface area contributed by atoms with Crippen molar-refractivity contribution in [1.29, 1.82) is 0 Å². The zero-order valence-electron chi connectivity index (χ0n) is 15.6. The highest BCUT2D eigenvalue weighted by molar-refractivity contribution is 7.80. The molecule has 2 aromatic rings. The Morgan fingerprint density at radius 1 is 0.846 bits per heavy atom. The number of rotatable bonds is 7. The number of ether oxygens (including phenoxy) is 4. The number of benzene rings is 2. The van der Waals surface area contributed by atoms with Crippen molar-refractivity contribution < 1.29 is 18.9 Å². The number of thiocarbonyl (C=S) groups is 1. The Balaban J connectivity index is 2.10. The van der Waals surface area contributed by atoms with E-state index < -0.39 is 0 Å². The van der Waals surface area contributed by atoms with E-state index in [2.05, 4.69) is 10.6 Å². The molecule has 140 valence electrons. The summed E-state index contributed by atoms with van der Waals surface area (Å²) < 4.78 is 21.3. The lowest BCUT2D eigenvalue weighted by Crippen LogP contribution is -2.31. The van der Waals surface area contributed by atoms with Crippen molar-refractivity contribution >= 4 is 23.0 Å². The summed E-state index contributed by atoms with van der Waals surface area (Å²) in [7, 11) is 6.46. The number of hydrogen-bond donors (Lipinski definition) is 2. The molecule has 1 unspecified atom stereocenters. The van der Waals surface area contributed by atoms with Crippen molar-refractivity contribution in [3.8, 4) is 23.0 Å². The molecular weight excluding hydrogens is 352 g/mol. The van der Waals surface area contributed by atoms with Gasteiger partial charge in [0, 0.05) is 17.3 Å². The highest BCUT2D eigenvalue weighted by Crippen LogP contribution is 2.31. The maximum atomic E-state index is 5.43. The first-order chi connectivity index (χ1) is 12.5. The molecule has 0 saturated carbocycles. The van der Waals surface area contributed by atoms with Gasteiger partial charge in [-0.1, -0.05) is 0 Å². The fraction of sp³-hybridized carbons (Fsp3) is 0.316. The molecule has 0 saturated heterocycles. The predicted molar refractivity (Wildman–Crippen MR) is 107 cm³/mol. The smallest absolute Gasteiger partial charge is 0.171 e. The van der Waals surface area contributed by atoms with Gasteiger partial charge in [0.25, 0.3) is 0 Å². The van der Waals surface area contributed by atoms with Gasteiger partial charge in [-0.2, -0.15) is 0 Å². The Kier molecular flexibility index (Phi) is 6.91. The minimum absolute atomic E-state index is 0.0832. The molecule has 1 atom stereocenters. The molecule has 0 aliphatic heterocycles. The monoisotopic (exact) mass is 376 g/mol. The van der Waals surface area contributed by atoms with Crippen LogP contribution in [0.4, 0.5) is 5.69 Å². The summed E-state index contributed by atoms with van der Waals surface area (Å²) in [5, 5.41) is 6.88. The van der Waals surface area contributed by atoms with E-state index in [9.17, 15) is 0 Å². The van der Waals surface area contributed by atoms with Gasteiger partial charge in [0.15, 0.2) is 16.6 Å². The van der Waals surface area contributed by atoms with Gasteiger partial charge in [-0.05, 0) is 49.5 Å². The predicted octanol–water partition coefficient (Wildman–Crippen LogP) is 3.77. The summed E-state index contributed by atoms with van der Waals surface area (Å²) in [4.78, 5) is 0. The molecule has 2 N–H and O–H groups in total. The maximum Gasteiger partial charge on any atom is 0.171 e. The van der Waals surface area contributed by atoms with Crippen LogP contribution in [-0.4, -0.2) is 33.6 Å². The summed E-state index contributed by atoms with van der Waals surface area (Å²) in [5.41, 5.74) is 1.74. The van der Waals surface area contributed by atoms with Gasteiger partial charge < -0.3 is 29.6 Å². The van der Waals surface area contributed by atoms with E-state index >= 15 is 0 Å². The SMILES string of the molecule is COc1ccc(OC)c(C(C)NC(=S)Nc2ccc(OC)c(OC)c2)c1. The average molecular weight is 376 g/mol. The first-order valence-electron chi connectivity index (χ1n) is 8.03. The van der Waals surface area contributed by atoms with Crippen LogP contribution in [0.15, 0.2) is 36.4 Å². The van der Waals surface area contributed by atoms with E-state index in [0.717, 1.165) is 22.7 Å².